The first-order valence-corrected chi connectivity index (χ1v) is 13.0. The zero-order valence-corrected chi connectivity index (χ0v) is 21.8. The Morgan fingerprint density at radius 1 is 0.829 bits per heavy atom. The molecule has 190 valence electrons. The molecule has 4 amide bonds. The fourth-order valence-corrected chi connectivity index (χ4v) is 5.09. The third-order valence-corrected chi connectivity index (χ3v) is 7.40. The number of aromatic nitrogens is 2. The molecule has 1 aliphatic rings. The van der Waals surface area contributed by atoms with Crippen LogP contribution in [-0.2, 0) is 9.59 Å². The maximum Gasteiger partial charge on any atom is 0.271 e. The van der Waals surface area contributed by atoms with E-state index in [2.05, 4.69) is 31.2 Å². The minimum Gasteiger partial charge on any atom is -0.391 e. The van der Waals surface area contributed by atoms with E-state index in [1.165, 1.54) is 29.6 Å². The Morgan fingerprint density at radius 3 is 1.86 bits per heavy atom. The second kappa shape index (κ2) is 11.2. The number of aliphatic hydroxyl groups excluding tert-OH is 1. The number of carbonyl (C=O) groups is 4. The van der Waals surface area contributed by atoms with E-state index in [9.17, 15) is 24.3 Å². The maximum atomic E-state index is 13.1. The highest BCUT2D eigenvalue weighted by Gasteiger charge is 2.32. The number of aliphatic hydroxyl groups is 1. The van der Waals surface area contributed by atoms with Gasteiger partial charge in [0.05, 0.1) is 18.2 Å². The van der Waals surface area contributed by atoms with Gasteiger partial charge in [0.1, 0.15) is 33.5 Å². The molecule has 13 heteroatoms. The first-order chi connectivity index (χ1) is 16.5. The predicted molar refractivity (Wildman–Crippen MR) is 131 cm³/mol. The van der Waals surface area contributed by atoms with Crippen molar-refractivity contribution in [1.82, 2.24) is 31.2 Å². The molecule has 3 rings (SSSR count). The molecule has 0 aliphatic carbocycles. The summed E-state index contributed by atoms with van der Waals surface area (Å²) in [6.45, 7) is 8.64. The van der Waals surface area contributed by atoms with E-state index >= 15 is 0 Å². The minimum atomic E-state index is -1.26. The highest BCUT2D eigenvalue weighted by Crippen LogP contribution is 2.22. The van der Waals surface area contributed by atoms with Gasteiger partial charge in [-0.05, 0) is 33.1 Å². The summed E-state index contributed by atoms with van der Waals surface area (Å²) >= 11 is 2.42. The number of thiazole rings is 2. The molecule has 1 aliphatic heterocycles. The quantitative estimate of drug-likeness (QED) is 0.406. The zero-order valence-electron chi connectivity index (χ0n) is 20.1. The van der Waals surface area contributed by atoms with Gasteiger partial charge in [-0.2, -0.15) is 0 Å². The molecule has 35 heavy (non-hydrogen) atoms. The average molecular weight is 523 g/mol. The minimum absolute atomic E-state index is 0.0584. The van der Waals surface area contributed by atoms with Crippen molar-refractivity contribution in [2.45, 2.75) is 71.3 Å². The monoisotopic (exact) mass is 522 g/mol. The Kier molecular flexibility index (Phi) is 8.56. The number of hydrogen-bond donors (Lipinski definition) is 5. The van der Waals surface area contributed by atoms with E-state index in [0.717, 1.165) is 0 Å². The summed E-state index contributed by atoms with van der Waals surface area (Å²) in [4.78, 5) is 60.2. The fraction of sp³-hybridized carbons (Fsp3) is 0.545. The van der Waals surface area contributed by atoms with Crippen molar-refractivity contribution in [3.05, 3.63) is 32.2 Å². The molecular formula is C22H30N6O5S2. The molecule has 0 radical (unpaired) electrons. The molecule has 4 bridgehead atoms. The molecule has 2 aromatic rings. The van der Waals surface area contributed by atoms with Crippen molar-refractivity contribution in [2.75, 3.05) is 0 Å². The van der Waals surface area contributed by atoms with Gasteiger partial charge in [0.2, 0.25) is 11.8 Å². The Hall–Kier alpha value is -2.90. The van der Waals surface area contributed by atoms with Crippen LogP contribution in [0.1, 0.15) is 84.1 Å². The van der Waals surface area contributed by atoms with E-state index in [0.29, 0.717) is 16.4 Å². The van der Waals surface area contributed by atoms with Gasteiger partial charge < -0.3 is 26.4 Å². The number of nitrogens with one attached hydrogen (secondary N) is 4. The highest BCUT2D eigenvalue weighted by molar-refractivity contribution is 7.10. The number of fused-ring (bicyclic) bond motifs is 4. The topological polar surface area (TPSA) is 162 Å². The summed E-state index contributed by atoms with van der Waals surface area (Å²) in [7, 11) is 0. The largest absolute Gasteiger partial charge is 0.391 e. The van der Waals surface area contributed by atoms with E-state index in [-0.39, 0.29) is 17.3 Å². The van der Waals surface area contributed by atoms with Crippen molar-refractivity contribution in [1.29, 1.82) is 0 Å². The van der Waals surface area contributed by atoms with E-state index in [4.69, 9.17) is 0 Å². The lowest BCUT2D eigenvalue weighted by atomic mass is 10.0. The summed E-state index contributed by atoms with van der Waals surface area (Å²) in [6.07, 6.45) is -0.889. The molecule has 11 nitrogen and oxygen atoms in total. The Labute approximate surface area is 211 Å². The Balaban J connectivity index is 1.97. The van der Waals surface area contributed by atoms with Gasteiger partial charge in [-0.25, -0.2) is 9.97 Å². The van der Waals surface area contributed by atoms with Crippen molar-refractivity contribution >= 4 is 46.3 Å². The van der Waals surface area contributed by atoms with Crippen LogP contribution in [0.5, 0.6) is 0 Å². The maximum absolute atomic E-state index is 13.1. The van der Waals surface area contributed by atoms with Crippen LogP contribution in [0.4, 0.5) is 0 Å². The van der Waals surface area contributed by atoms with Gasteiger partial charge in [-0.3, -0.25) is 19.2 Å². The molecule has 0 saturated heterocycles. The normalized spacial score (nSPS) is 25.1. The van der Waals surface area contributed by atoms with E-state index < -0.39 is 53.9 Å². The second-order valence-electron chi connectivity index (χ2n) is 8.95. The summed E-state index contributed by atoms with van der Waals surface area (Å²) in [5.74, 6) is -2.11. The molecule has 0 spiro atoms. The third kappa shape index (κ3) is 6.61. The molecule has 0 aromatic carbocycles. The van der Waals surface area contributed by atoms with Crippen LogP contribution in [0.2, 0.25) is 0 Å². The van der Waals surface area contributed by atoms with Crippen LogP contribution in [-0.4, -0.2) is 56.9 Å². The first-order valence-electron chi connectivity index (χ1n) is 11.3. The van der Waals surface area contributed by atoms with Gasteiger partial charge in [0, 0.05) is 10.8 Å². The SMILES string of the molecule is CC(C)C[C@@H]1NC(=O)c2csc(n2)C(C)NC(=O)c2csc(n2)C(C)NC(=O)[C@H]([C@@H](C)O)NC1=O. The van der Waals surface area contributed by atoms with Crippen LogP contribution in [0.25, 0.3) is 0 Å². The molecule has 3 heterocycles. The summed E-state index contributed by atoms with van der Waals surface area (Å²) in [5, 5.41) is 25.2. The molecule has 0 saturated carbocycles. The molecule has 0 fully saturated rings. The number of amides is 4. The first kappa shape index (κ1) is 26.7. The lowest BCUT2D eigenvalue weighted by Gasteiger charge is -2.26. The van der Waals surface area contributed by atoms with Gasteiger partial charge in [-0.15, -0.1) is 22.7 Å². The molecule has 2 aromatic heterocycles. The highest BCUT2D eigenvalue weighted by atomic mass is 32.1. The molecular weight excluding hydrogens is 492 g/mol. The molecule has 5 atom stereocenters. The number of carbonyl (C=O) groups excluding carboxylic acids is 4. The standard InChI is InChI=1S/C22H30N6O5S2/c1-9(2)6-13-17(30)28-16(12(5)29)20(33)24-11(4)22-26-14(7-34-22)18(31)23-10(3)21-27-15(8-35-21)19(32)25-13/h7-13,16,29H,6H2,1-5H3,(H,23,31)(H,24,33)(H,25,32)(H,28,30)/t10?,11?,12-,13+,16+/m1/s1. The summed E-state index contributed by atoms with van der Waals surface area (Å²) in [5.41, 5.74) is 0.300. The Bertz CT molecular complexity index is 1100. The second-order valence-corrected chi connectivity index (χ2v) is 10.7. The Morgan fingerprint density at radius 2 is 1.34 bits per heavy atom. The smallest absolute Gasteiger partial charge is 0.271 e. The number of hydrogen-bond acceptors (Lipinski definition) is 9. The van der Waals surface area contributed by atoms with Gasteiger partial charge in [-0.1, -0.05) is 13.8 Å². The number of rotatable bonds is 3. The van der Waals surface area contributed by atoms with Crippen LogP contribution in [0.15, 0.2) is 10.8 Å². The molecule has 2 unspecified atom stereocenters. The van der Waals surface area contributed by atoms with Crippen LogP contribution < -0.4 is 21.3 Å². The van der Waals surface area contributed by atoms with E-state index in [1.807, 2.05) is 13.8 Å². The number of nitrogens with zero attached hydrogens (tertiary/aromatic N) is 2. The predicted octanol–water partition coefficient (Wildman–Crippen LogP) is 1.29. The van der Waals surface area contributed by atoms with E-state index in [1.54, 1.807) is 24.6 Å². The lowest BCUT2D eigenvalue weighted by Crippen LogP contribution is -2.57. The van der Waals surface area contributed by atoms with Crippen molar-refractivity contribution in [2.24, 2.45) is 5.92 Å². The van der Waals surface area contributed by atoms with Crippen molar-refractivity contribution in [3.8, 4) is 0 Å². The van der Waals surface area contributed by atoms with Crippen LogP contribution in [0, 0.1) is 5.92 Å². The zero-order chi connectivity index (χ0) is 25.9. The van der Waals surface area contributed by atoms with Crippen LogP contribution >= 0.6 is 22.7 Å². The van der Waals surface area contributed by atoms with Crippen molar-refractivity contribution < 1.29 is 24.3 Å². The average Bonchev–Trinajstić information content (AvgIpc) is 3.45. The van der Waals surface area contributed by atoms with Gasteiger partial charge >= 0.3 is 0 Å². The molecule has 5 N–H and O–H groups in total. The van der Waals surface area contributed by atoms with Gasteiger partial charge in [0.25, 0.3) is 11.8 Å². The summed E-state index contributed by atoms with van der Waals surface area (Å²) in [6, 6.07) is -3.26. The van der Waals surface area contributed by atoms with Gasteiger partial charge in [0.15, 0.2) is 0 Å². The van der Waals surface area contributed by atoms with Crippen LogP contribution in [0.3, 0.4) is 0 Å². The fourth-order valence-electron chi connectivity index (χ4n) is 3.47. The third-order valence-electron chi connectivity index (χ3n) is 5.35. The lowest BCUT2D eigenvalue weighted by molar-refractivity contribution is -0.133. The van der Waals surface area contributed by atoms with Crippen molar-refractivity contribution in [3.63, 3.8) is 0 Å². The summed E-state index contributed by atoms with van der Waals surface area (Å²) < 4.78 is 0.